The maximum Gasteiger partial charge on any atom is 0.244 e. The molecule has 0 bridgehead atoms. The predicted octanol–water partition coefficient (Wildman–Crippen LogP) is 6.70. The van der Waals surface area contributed by atoms with Crippen molar-refractivity contribution in [3.8, 4) is 11.5 Å². The first-order valence-electron chi connectivity index (χ1n) is 15.5. The predicted molar refractivity (Wildman–Crippen MR) is 187 cm³/mol. The summed E-state index contributed by atoms with van der Waals surface area (Å²) in [6, 6.07) is 24.8. The summed E-state index contributed by atoms with van der Waals surface area (Å²) in [5, 5.41) is 8.44. The SMILES string of the molecule is COc1ccc(CN(Cc2ccc(OC)cc2)S(=O)(=O)c2cc(NC(=O)Cc3ccccc3Cl)cc3nn(CCOC(C)C)cc23)cc1. The van der Waals surface area contributed by atoms with E-state index in [1.165, 1.54) is 10.4 Å². The van der Waals surface area contributed by atoms with Crippen molar-refractivity contribution in [2.45, 2.75) is 50.9 Å². The Kier molecular flexibility index (Phi) is 11.4. The molecule has 1 amide bonds. The number of benzene rings is 4. The molecule has 0 fully saturated rings. The van der Waals surface area contributed by atoms with Gasteiger partial charge < -0.3 is 19.5 Å². The molecule has 0 aliphatic carbocycles. The van der Waals surface area contributed by atoms with Crippen LogP contribution in [0.1, 0.15) is 30.5 Å². The molecule has 4 aromatic carbocycles. The Balaban J connectivity index is 1.56. The number of anilines is 1. The van der Waals surface area contributed by atoms with E-state index in [-0.39, 0.29) is 36.4 Å². The second-order valence-electron chi connectivity index (χ2n) is 11.5. The second-order valence-corrected chi connectivity index (χ2v) is 13.8. The number of aromatic nitrogens is 2. The van der Waals surface area contributed by atoms with E-state index in [2.05, 4.69) is 10.4 Å². The van der Waals surface area contributed by atoms with Crippen molar-refractivity contribution in [2.75, 3.05) is 26.1 Å². The highest BCUT2D eigenvalue weighted by Crippen LogP contribution is 2.32. The van der Waals surface area contributed by atoms with Crippen molar-refractivity contribution in [3.05, 3.63) is 113 Å². The van der Waals surface area contributed by atoms with Crippen molar-refractivity contribution in [3.63, 3.8) is 0 Å². The lowest BCUT2D eigenvalue weighted by atomic mass is 10.1. The molecule has 252 valence electrons. The minimum absolute atomic E-state index is 0.0157. The number of nitrogens with one attached hydrogen (secondary N) is 1. The van der Waals surface area contributed by atoms with Crippen LogP contribution < -0.4 is 14.8 Å². The van der Waals surface area contributed by atoms with Crippen LogP contribution in [0.4, 0.5) is 5.69 Å². The van der Waals surface area contributed by atoms with E-state index in [4.69, 9.17) is 25.8 Å². The Morgan fingerprint density at radius 2 is 1.52 bits per heavy atom. The second kappa shape index (κ2) is 15.7. The maximum atomic E-state index is 14.8. The first kappa shape index (κ1) is 34.9. The third-order valence-electron chi connectivity index (χ3n) is 7.65. The molecule has 0 unspecified atom stereocenters. The fourth-order valence-electron chi connectivity index (χ4n) is 5.18. The molecular weight excluding hydrogens is 652 g/mol. The average Bonchev–Trinajstić information content (AvgIpc) is 3.48. The summed E-state index contributed by atoms with van der Waals surface area (Å²) in [5.41, 5.74) is 2.92. The lowest BCUT2D eigenvalue weighted by molar-refractivity contribution is -0.115. The molecule has 12 heteroatoms. The van der Waals surface area contributed by atoms with E-state index in [9.17, 15) is 13.2 Å². The molecule has 0 aliphatic heterocycles. The number of sulfonamides is 1. The van der Waals surface area contributed by atoms with Gasteiger partial charge in [0.2, 0.25) is 15.9 Å². The van der Waals surface area contributed by atoms with Gasteiger partial charge >= 0.3 is 0 Å². The molecule has 0 aliphatic rings. The van der Waals surface area contributed by atoms with Crippen LogP contribution in [-0.2, 0) is 45.6 Å². The molecule has 0 spiro atoms. The van der Waals surface area contributed by atoms with Crippen molar-refractivity contribution in [1.29, 1.82) is 0 Å². The summed E-state index contributed by atoms with van der Waals surface area (Å²) in [6.45, 7) is 4.88. The van der Waals surface area contributed by atoms with Crippen molar-refractivity contribution < 1.29 is 27.4 Å². The van der Waals surface area contributed by atoms with Crippen molar-refractivity contribution in [2.24, 2.45) is 0 Å². The van der Waals surface area contributed by atoms with E-state index in [0.717, 1.165) is 11.1 Å². The summed E-state index contributed by atoms with van der Waals surface area (Å²) in [5.74, 6) is 0.988. The molecule has 1 aromatic heterocycles. The molecule has 1 N–H and O–H groups in total. The molecule has 0 saturated heterocycles. The number of carbonyl (C=O) groups excluding carboxylic acids is 1. The quantitative estimate of drug-likeness (QED) is 0.130. The lowest BCUT2D eigenvalue weighted by Gasteiger charge is -2.23. The Hall–Kier alpha value is -4.42. The number of fused-ring (bicyclic) bond motifs is 1. The number of amides is 1. The third kappa shape index (κ3) is 8.73. The first-order valence-corrected chi connectivity index (χ1v) is 17.3. The van der Waals surface area contributed by atoms with Crippen LogP contribution in [0.15, 0.2) is 96.0 Å². The number of hydrogen-bond donors (Lipinski definition) is 1. The van der Waals surface area contributed by atoms with Gasteiger partial charge in [-0.1, -0.05) is 54.1 Å². The highest BCUT2D eigenvalue weighted by molar-refractivity contribution is 7.89. The van der Waals surface area contributed by atoms with Gasteiger partial charge in [-0.25, -0.2) is 8.42 Å². The van der Waals surface area contributed by atoms with Gasteiger partial charge in [0, 0.05) is 35.4 Å². The number of carbonyl (C=O) groups is 1. The maximum absolute atomic E-state index is 14.8. The van der Waals surface area contributed by atoms with E-state index in [1.807, 2.05) is 38.1 Å². The number of nitrogens with zero attached hydrogens (tertiary/aromatic N) is 3. The molecule has 0 saturated carbocycles. The van der Waals surface area contributed by atoms with Gasteiger partial charge in [-0.2, -0.15) is 9.40 Å². The molecule has 1 heterocycles. The topological polar surface area (TPSA) is 112 Å². The highest BCUT2D eigenvalue weighted by Gasteiger charge is 2.29. The van der Waals surface area contributed by atoms with Gasteiger partial charge in [0.05, 0.1) is 50.3 Å². The molecule has 48 heavy (non-hydrogen) atoms. The van der Waals surface area contributed by atoms with Crippen LogP contribution in [0.25, 0.3) is 10.9 Å². The van der Waals surface area contributed by atoms with Crippen LogP contribution in [0, 0.1) is 0 Å². The number of hydrogen-bond acceptors (Lipinski definition) is 7. The zero-order valence-electron chi connectivity index (χ0n) is 27.4. The zero-order valence-corrected chi connectivity index (χ0v) is 28.9. The minimum atomic E-state index is -4.19. The summed E-state index contributed by atoms with van der Waals surface area (Å²) >= 11 is 6.30. The van der Waals surface area contributed by atoms with Gasteiger partial charge in [0.1, 0.15) is 11.5 Å². The Bertz CT molecular complexity index is 1910. The van der Waals surface area contributed by atoms with Gasteiger partial charge in [-0.05, 0) is 73.0 Å². The largest absolute Gasteiger partial charge is 0.497 e. The molecule has 0 atom stereocenters. The van der Waals surface area contributed by atoms with Gasteiger partial charge in [0.15, 0.2) is 0 Å². The third-order valence-corrected chi connectivity index (χ3v) is 9.85. The van der Waals surface area contributed by atoms with E-state index >= 15 is 0 Å². The number of halogens is 1. The number of methoxy groups -OCH3 is 2. The smallest absolute Gasteiger partial charge is 0.244 e. The average molecular weight is 691 g/mol. The normalized spacial score (nSPS) is 11.7. The van der Waals surface area contributed by atoms with Crippen molar-refractivity contribution in [1.82, 2.24) is 14.1 Å². The standard InChI is InChI=1S/C36H39ClN4O6S/c1-25(2)47-18-17-40-24-32-34(39-40)20-29(38-36(42)19-28-7-5-6-8-33(28)37)21-35(32)48(43,44)41(22-26-9-13-30(45-3)14-10-26)23-27-11-15-31(46-4)16-12-27/h5-16,20-21,24-25H,17-19,22-23H2,1-4H3,(H,38,42). The van der Waals surface area contributed by atoms with E-state index in [0.29, 0.717) is 51.8 Å². The summed E-state index contributed by atoms with van der Waals surface area (Å²) < 4.78 is 48.9. The summed E-state index contributed by atoms with van der Waals surface area (Å²) in [6.07, 6.45) is 1.76. The lowest BCUT2D eigenvalue weighted by Crippen LogP contribution is -2.30. The van der Waals surface area contributed by atoms with Crippen LogP contribution in [0.3, 0.4) is 0 Å². The van der Waals surface area contributed by atoms with Crippen molar-refractivity contribution >= 4 is 44.1 Å². The molecular formula is C36H39ClN4O6S. The van der Waals surface area contributed by atoms with Crippen LogP contribution in [-0.4, -0.2) is 55.3 Å². The Morgan fingerprint density at radius 3 is 2.08 bits per heavy atom. The molecule has 10 nitrogen and oxygen atoms in total. The van der Waals surface area contributed by atoms with Crippen LogP contribution >= 0.6 is 11.6 Å². The van der Waals surface area contributed by atoms with Gasteiger partial charge in [-0.15, -0.1) is 0 Å². The molecule has 0 radical (unpaired) electrons. The van der Waals surface area contributed by atoms with E-state index in [1.54, 1.807) is 79.7 Å². The fourth-order valence-corrected chi connectivity index (χ4v) is 7.01. The first-order chi connectivity index (χ1) is 23.0. The van der Waals surface area contributed by atoms with E-state index < -0.39 is 10.0 Å². The molecule has 5 aromatic rings. The number of ether oxygens (including phenoxy) is 3. The van der Waals surface area contributed by atoms with Gasteiger partial charge in [-0.3, -0.25) is 9.48 Å². The highest BCUT2D eigenvalue weighted by atomic mass is 35.5. The Labute approximate surface area is 286 Å². The fraction of sp³-hybridized carbons (Fsp3) is 0.278. The number of rotatable bonds is 15. The van der Waals surface area contributed by atoms with Gasteiger partial charge in [0.25, 0.3) is 0 Å². The summed E-state index contributed by atoms with van der Waals surface area (Å²) in [7, 11) is -1.03. The Morgan fingerprint density at radius 1 is 0.917 bits per heavy atom. The molecule has 5 rings (SSSR count). The van der Waals surface area contributed by atoms with Crippen LogP contribution in [0.2, 0.25) is 5.02 Å². The minimum Gasteiger partial charge on any atom is -0.497 e. The van der Waals surface area contributed by atoms with Crippen LogP contribution in [0.5, 0.6) is 11.5 Å². The monoisotopic (exact) mass is 690 g/mol. The summed E-state index contributed by atoms with van der Waals surface area (Å²) in [4.78, 5) is 13.2. The zero-order chi connectivity index (χ0) is 34.3.